The number of aldehydes is 1. The molecule has 1 aromatic heterocycles. The standard InChI is InChI=1S/C21H27NO2/c1-17(16-23)12-13-19-14-15-20(22(19)2)21(24)11-7-6-10-18-8-4-3-5-9-18/h3-5,8-9,14-17H,6-7,10-13H2,1-2H3. The van der Waals surface area contributed by atoms with Gasteiger partial charge in [0.2, 0.25) is 0 Å². The van der Waals surface area contributed by atoms with Crippen LogP contribution in [0.4, 0.5) is 0 Å². The normalized spacial score (nSPS) is 12.1. The van der Waals surface area contributed by atoms with Gasteiger partial charge < -0.3 is 9.36 Å². The van der Waals surface area contributed by atoms with Crippen LogP contribution in [0, 0.1) is 5.92 Å². The molecule has 2 aromatic rings. The van der Waals surface area contributed by atoms with Crippen LogP contribution < -0.4 is 0 Å². The molecule has 0 saturated carbocycles. The molecule has 3 heteroatoms. The van der Waals surface area contributed by atoms with Crippen molar-refractivity contribution in [3.63, 3.8) is 0 Å². The maximum Gasteiger partial charge on any atom is 0.179 e. The van der Waals surface area contributed by atoms with Crippen molar-refractivity contribution in [1.29, 1.82) is 0 Å². The summed E-state index contributed by atoms with van der Waals surface area (Å²) < 4.78 is 1.98. The number of benzene rings is 1. The first-order valence-electron chi connectivity index (χ1n) is 8.79. The van der Waals surface area contributed by atoms with Crippen LogP contribution in [0.2, 0.25) is 0 Å². The van der Waals surface area contributed by atoms with Crippen LogP contribution in [-0.4, -0.2) is 16.6 Å². The van der Waals surface area contributed by atoms with Crippen LogP contribution in [0.3, 0.4) is 0 Å². The van der Waals surface area contributed by atoms with Crippen LogP contribution in [0.25, 0.3) is 0 Å². The fourth-order valence-corrected chi connectivity index (χ4v) is 2.92. The van der Waals surface area contributed by atoms with E-state index >= 15 is 0 Å². The van der Waals surface area contributed by atoms with E-state index in [1.165, 1.54) is 5.56 Å². The molecule has 1 unspecified atom stereocenters. The number of carbonyl (C=O) groups is 2. The summed E-state index contributed by atoms with van der Waals surface area (Å²) >= 11 is 0. The second kappa shape index (κ2) is 9.21. The molecule has 128 valence electrons. The maximum absolute atomic E-state index is 12.4. The Morgan fingerprint density at radius 3 is 2.54 bits per heavy atom. The fraction of sp³-hybridized carbons (Fsp3) is 0.429. The molecule has 0 bridgehead atoms. The van der Waals surface area contributed by atoms with Crippen molar-refractivity contribution in [3.8, 4) is 0 Å². The quantitative estimate of drug-likeness (QED) is 0.369. The Labute approximate surface area is 144 Å². The molecular formula is C21H27NO2. The van der Waals surface area contributed by atoms with E-state index in [0.29, 0.717) is 6.42 Å². The summed E-state index contributed by atoms with van der Waals surface area (Å²) in [4.78, 5) is 23.1. The van der Waals surface area contributed by atoms with Gasteiger partial charge in [0.25, 0.3) is 0 Å². The third kappa shape index (κ3) is 5.19. The van der Waals surface area contributed by atoms with Gasteiger partial charge in [-0.2, -0.15) is 0 Å². The smallest absolute Gasteiger partial charge is 0.179 e. The number of hydrogen-bond donors (Lipinski definition) is 0. The van der Waals surface area contributed by atoms with Gasteiger partial charge in [-0.25, -0.2) is 0 Å². The summed E-state index contributed by atoms with van der Waals surface area (Å²) in [6.07, 6.45) is 6.21. The molecule has 0 aliphatic rings. The third-order valence-electron chi connectivity index (χ3n) is 4.56. The SMILES string of the molecule is CC(C=O)CCc1ccc(C(=O)CCCCc2ccccc2)n1C. The van der Waals surface area contributed by atoms with Crippen LogP contribution in [0.5, 0.6) is 0 Å². The van der Waals surface area contributed by atoms with Crippen LogP contribution in [0.1, 0.15) is 54.4 Å². The lowest BCUT2D eigenvalue weighted by atomic mass is 10.0. The molecule has 24 heavy (non-hydrogen) atoms. The number of unbranched alkanes of at least 4 members (excludes halogenated alkanes) is 1. The first-order valence-corrected chi connectivity index (χ1v) is 8.79. The number of nitrogens with zero attached hydrogens (tertiary/aromatic N) is 1. The van der Waals surface area contributed by atoms with E-state index in [0.717, 1.165) is 49.8 Å². The van der Waals surface area contributed by atoms with Crippen molar-refractivity contribution in [2.45, 2.75) is 45.4 Å². The Morgan fingerprint density at radius 2 is 1.83 bits per heavy atom. The first-order chi connectivity index (χ1) is 11.6. The summed E-state index contributed by atoms with van der Waals surface area (Å²) in [6, 6.07) is 14.3. The van der Waals surface area contributed by atoms with E-state index < -0.39 is 0 Å². The average molecular weight is 325 g/mol. The summed E-state index contributed by atoms with van der Waals surface area (Å²) in [7, 11) is 1.94. The lowest BCUT2D eigenvalue weighted by Crippen LogP contribution is -2.09. The van der Waals surface area contributed by atoms with Gasteiger partial charge in [0, 0.05) is 25.1 Å². The Hall–Kier alpha value is -2.16. The molecule has 0 radical (unpaired) electrons. The molecule has 0 saturated heterocycles. The van der Waals surface area contributed by atoms with E-state index in [1.54, 1.807) is 0 Å². The van der Waals surface area contributed by atoms with Crippen molar-refractivity contribution in [1.82, 2.24) is 4.57 Å². The molecule has 1 atom stereocenters. The maximum atomic E-state index is 12.4. The number of ketones is 1. The molecule has 0 spiro atoms. The number of rotatable bonds is 10. The van der Waals surface area contributed by atoms with E-state index in [-0.39, 0.29) is 11.7 Å². The number of carbonyl (C=O) groups excluding carboxylic acids is 2. The van der Waals surface area contributed by atoms with Gasteiger partial charge in [-0.05, 0) is 49.8 Å². The van der Waals surface area contributed by atoms with E-state index in [2.05, 4.69) is 24.3 Å². The zero-order valence-electron chi connectivity index (χ0n) is 14.7. The molecule has 0 amide bonds. The second-order valence-corrected chi connectivity index (χ2v) is 6.54. The number of hydrogen-bond acceptors (Lipinski definition) is 2. The monoisotopic (exact) mass is 325 g/mol. The molecule has 0 aliphatic carbocycles. The molecule has 1 heterocycles. The summed E-state index contributed by atoms with van der Waals surface area (Å²) in [5.41, 5.74) is 3.23. The summed E-state index contributed by atoms with van der Waals surface area (Å²) in [5, 5.41) is 0. The second-order valence-electron chi connectivity index (χ2n) is 6.54. The zero-order chi connectivity index (χ0) is 17.4. The highest BCUT2D eigenvalue weighted by Crippen LogP contribution is 2.15. The van der Waals surface area contributed by atoms with Crippen molar-refractivity contribution in [2.75, 3.05) is 0 Å². The molecule has 0 aliphatic heterocycles. The lowest BCUT2D eigenvalue weighted by molar-refractivity contribution is -0.110. The molecule has 0 N–H and O–H groups in total. The van der Waals surface area contributed by atoms with E-state index in [9.17, 15) is 9.59 Å². The Bertz CT molecular complexity index is 658. The van der Waals surface area contributed by atoms with Crippen molar-refractivity contribution in [2.24, 2.45) is 13.0 Å². The predicted octanol–water partition coefficient (Wildman–Crippen LogP) is 4.39. The van der Waals surface area contributed by atoms with Crippen molar-refractivity contribution in [3.05, 3.63) is 59.4 Å². The predicted molar refractivity (Wildman–Crippen MR) is 97.3 cm³/mol. The van der Waals surface area contributed by atoms with Gasteiger partial charge in [-0.3, -0.25) is 4.79 Å². The van der Waals surface area contributed by atoms with Gasteiger partial charge in [-0.1, -0.05) is 37.3 Å². The van der Waals surface area contributed by atoms with Crippen LogP contribution in [-0.2, 0) is 24.7 Å². The van der Waals surface area contributed by atoms with Gasteiger partial charge in [0.05, 0.1) is 5.69 Å². The van der Waals surface area contributed by atoms with Crippen molar-refractivity contribution >= 4 is 12.1 Å². The largest absolute Gasteiger partial charge is 0.345 e. The highest BCUT2D eigenvalue weighted by molar-refractivity contribution is 5.94. The van der Waals surface area contributed by atoms with Crippen molar-refractivity contribution < 1.29 is 9.59 Å². The zero-order valence-corrected chi connectivity index (χ0v) is 14.7. The van der Waals surface area contributed by atoms with Crippen LogP contribution >= 0.6 is 0 Å². The third-order valence-corrected chi connectivity index (χ3v) is 4.56. The minimum atomic E-state index is 0.0667. The molecule has 1 aromatic carbocycles. The average Bonchev–Trinajstić information content (AvgIpc) is 2.98. The summed E-state index contributed by atoms with van der Waals surface area (Å²) in [6.45, 7) is 1.93. The van der Waals surface area contributed by atoms with E-state index in [1.807, 2.05) is 36.7 Å². The lowest BCUT2D eigenvalue weighted by Gasteiger charge is -2.08. The van der Waals surface area contributed by atoms with Crippen LogP contribution in [0.15, 0.2) is 42.5 Å². The first kappa shape index (κ1) is 18.2. The molecule has 2 rings (SSSR count). The minimum Gasteiger partial charge on any atom is -0.345 e. The van der Waals surface area contributed by atoms with Gasteiger partial charge >= 0.3 is 0 Å². The van der Waals surface area contributed by atoms with Gasteiger partial charge in [0.1, 0.15) is 6.29 Å². The molecular weight excluding hydrogens is 298 g/mol. The van der Waals surface area contributed by atoms with Gasteiger partial charge in [0.15, 0.2) is 5.78 Å². The highest BCUT2D eigenvalue weighted by Gasteiger charge is 2.13. The molecule has 0 fully saturated rings. The Morgan fingerprint density at radius 1 is 1.08 bits per heavy atom. The Kier molecular flexibility index (Phi) is 6.98. The van der Waals surface area contributed by atoms with Gasteiger partial charge in [-0.15, -0.1) is 0 Å². The number of aryl methyl sites for hydroxylation is 2. The minimum absolute atomic E-state index is 0.0667. The summed E-state index contributed by atoms with van der Waals surface area (Å²) in [5.74, 6) is 0.275. The fourth-order valence-electron chi connectivity index (χ4n) is 2.92. The van der Waals surface area contributed by atoms with E-state index in [4.69, 9.17) is 0 Å². The molecule has 3 nitrogen and oxygen atoms in total. The Balaban J connectivity index is 1.80. The number of aromatic nitrogens is 1. The highest BCUT2D eigenvalue weighted by atomic mass is 16.1. The number of Topliss-reactive ketones (excluding diaryl/α,β-unsaturated/α-hetero) is 1. The topological polar surface area (TPSA) is 39.1 Å².